The molecule has 142 valence electrons. The molecule has 5 nitrogen and oxygen atoms in total. The van der Waals surface area contributed by atoms with Crippen LogP contribution in [0, 0.1) is 0 Å². The van der Waals surface area contributed by atoms with E-state index in [9.17, 15) is 5.11 Å². The third kappa shape index (κ3) is 5.92. The number of methoxy groups -OCH3 is 2. The molecule has 0 aliphatic heterocycles. The van der Waals surface area contributed by atoms with E-state index < -0.39 is 0 Å². The van der Waals surface area contributed by atoms with Crippen molar-refractivity contribution in [3.63, 3.8) is 0 Å². The zero-order chi connectivity index (χ0) is 19.6. The largest absolute Gasteiger partial charge is 0.610 e. The molecule has 0 saturated carbocycles. The molecule has 5 heteroatoms. The van der Waals surface area contributed by atoms with Crippen LogP contribution >= 0.6 is 0 Å². The maximum atomic E-state index is 11.6. The van der Waals surface area contributed by atoms with Crippen LogP contribution in [0.4, 0.5) is 0 Å². The molecule has 2 aromatic rings. The number of ether oxygens (including phenoxy) is 3. The minimum atomic E-state index is -0.375. The molecule has 0 atom stereocenters. The minimum absolute atomic E-state index is 0.349. The second kappa shape index (κ2) is 10.1. The van der Waals surface area contributed by atoms with Gasteiger partial charge in [-0.25, -0.2) is 4.58 Å². The third-order valence-electron chi connectivity index (χ3n) is 3.87. The highest BCUT2D eigenvalue weighted by Gasteiger charge is 2.07. The van der Waals surface area contributed by atoms with Crippen LogP contribution in [-0.2, 0) is 4.74 Å². The summed E-state index contributed by atoms with van der Waals surface area (Å²) in [5, 5.41) is 11.6. The number of allylic oxidation sites excluding steroid dienone is 1. The van der Waals surface area contributed by atoms with Crippen molar-refractivity contribution in [3.05, 3.63) is 77.9 Å². The maximum absolute atomic E-state index is 11.6. The Kier molecular flexibility index (Phi) is 7.49. The summed E-state index contributed by atoms with van der Waals surface area (Å²) in [5.41, 5.74) is 3.06. The van der Waals surface area contributed by atoms with E-state index in [2.05, 4.69) is 0 Å². The predicted molar refractivity (Wildman–Crippen MR) is 105 cm³/mol. The van der Waals surface area contributed by atoms with Crippen molar-refractivity contribution in [1.29, 1.82) is 0 Å². The van der Waals surface area contributed by atoms with Crippen molar-refractivity contribution in [2.24, 2.45) is 0 Å². The first kappa shape index (κ1) is 20.1. The van der Waals surface area contributed by atoms with Gasteiger partial charge in [0.2, 0.25) is 0 Å². The predicted octanol–water partition coefficient (Wildman–Crippen LogP) is 3.04. The van der Waals surface area contributed by atoms with Gasteiger partial charge in [0.25, 0.3) is 0 Å². The van der Waals surface area contributed by atoms with Crippen molar-refractivity contribution < 1.29 is 23.9 Å². The summed E-state index contributed by atoms with van der Waals surface area (Å²) in [5.74, 6) is 1.22. The smallest absolute Gasteiger partial charge is 0.190 e. The summed E-state index contributed by atoms with van der Waals surface area (Å²) in [4.78, 5) is 0. The zero-order valence-electron chi connectivity index (χ0n) is 16.1. The molecule has 0 heterocycles. The Labute approximate surface area is 160 Å². The number of hydrogen-bond donors (Lipinski definition) is 0. The fourth-order valence-corrected chi connectivity index (χ4v) is 2.48. The van der Waals surface area contributed by atoms with E-state index in [0.29, 0.717) is 6.61 Å². The lowest BCUT2D eigenvalue weighted by molar-refractivity contribution is -0.444. The molecule has 0 fully saturated rings. The van der Waals surface area contributed by atoms with Crippen molar-refractivity contribution in [1.82, 2.24) is 0 Å². The van der Waals surface area contributed by atoms with E-state index >= 15 is 0 Å². The Hall–Kier alpha value is -3.21. The van der Waals surface area contributed by atoms with Gasteiger partial charge in [0.05, 0.1) is 14.2 Å². The van der Waals surface area contributed by atoms with Crippen LogP contribution in [0.1, 0.15) is 18.1 Å². The molecule has 0 aliphatic rings. The summed E-state index contributed by atoms with van der Waals surface area (Å²) in [6, 6.07) is 15.7. The second-order valence-electron chi connectivity index (χ2n) is 5.73. The summed E-state index contributed by atoms with van der Waals surface area (Å²) >= 11 is 0. The van der Waals surface area contributed by atoms with Crippen LogP contribution in [0.25, 0.3) is 5.57 Å². The first-order valence-electron chi connectivity index (χ1n) is 8.65. The highest BCUT2D eigenvalue weighted by atomic mass is 16.6. The topological polar surface area (TPSA) is 53.8 Å². The quantitative estimate of drug-likeness (QED) is 0.409. The number of nitrogens with zero attached hydrogens (tertiary/aromatic N) is 1. The van der Waals surface area contributed by atoms with Crippen LogP contribution in [0.5, 0.6) is 11.5 Å². The third-order valence-corrected chi connectivity index (χ3v) is 3.87. The maximum Gasteiger partial charge on any atom is 0.190 e. The summed E-state index contributed by atoms with van der Waals surface area (Å²) < 4.78 is 17.1. The number of hydrogen-bond acceptors (Lipinski definition) is 4. The summed E-state index contributed by atoms with van der Waals surface area (Å²) in [6.07, 6.45) is 5.18. The first-order valence-corrected chi connectivity index (χ1v) is 8.65. The van der Waals surface area contributed by atoms with E-state index in [1.54, 1.807) is 32.8 Å². The van der Waals surface area contributed by atoms with Gasteiger partial charge in [-0.05, 0) is 47.6 Å². The standard InChI is InChI=1S/C22H25NO4/c1-5-27-22(24)16-23(2)15-14-21(17-6-10-19(25-3)11-7-17)18-8-12-20(26-4)13-9-18/h6-16H,5H2,1-4H3/b22-16+,23-15?. The lowest BCUT2D eigenvalue weighted by Gasteiger charge is -2.10. The second-order valence-corrected chi connectivity index (χ2v) is 5.73. The van der Waals surface area contributed by atoms with E-state index in [-0.39, 0.29) is 5.95 Å². The van der Waals surface area contributed by atoms with Gasteiger partial charge in [0, 0.05) is 6.08 Å². The van der Waals surface area contributed by atoms with E-state index in [1.807, 2.05) is 60.8 Å². The van der Waals surface area contributed by atoms with Gasteiger partial charge in [-0.1, -0.05) is 31.2 Å². The monoisotopic (exact) mass is 367 g/mol. The van der Waals surface area contributed by atoms with Crippen molar-refractivity contribution in [2.75, 3.05) is 27.9 Å². The first-order chi connectivity index (χ1) is 13.1. The van der Waals surface area contributed by atoms with Gasteiger partial charge >= 0.3 is 0 Å². The van der Waals surface area contributed by atoms with Gasteiger partial charge in [0.15, 0.2) is 12.4 Å². The van der Waals surface area contributed by atoms with Gasteiger partial charge in [-0.15, -0.1) is 0 Å². The van der Waals surface area contributed by atoms with E-state index in [1.165, 1.54) is 6.20 Å². The number of benzene rings is 2. The highest BCUT2D eigenvalue weighted by Crippen LogP contribution is 2.26. The molecule has 0 unspecified atom stereocenters. The molecule has 27 heavy (non-hydrogen) atoms. The van der Waals surface area contributed by atoms with Crippen molar-refractivity contribution in [3.8, 4) is 11.5 Å². The molecular weight excluding hydrogens is 342 g/mol. The van der Waals surface area contributed by atoms with Crippen molar-refractivity contribution >= 4 is 11.8 Å². The molecule has 2 aromatic carbocycles. The molecular formula is C22H25NO4. The Balaban J connectivity index is 2.42. The van der Waals surface area contributed by atoms with Crippen LogP contribution in [-0.4, -0.2) is 38.7 Å². The van der Waals surface area contributed by atoms with Crippen LogP contribution in [0.2, 0.25) is 0 Å². The molecule has 0 N–H and O–H groups in total. The molecule has 2 rings (SSSR count). The Morgan fingerprint density at radius 2 is 1.41 bits per heavy atom. The lowest BCUT2D eigenvalue weighted by Crippen LogP contribution is -2.11. The highest BCUT2D eigenvalue weighted by molar-refractivity contribution is 5.90. The molecule has 0 aromatic heterocycles. The van der Waals surface area contributed by atoms with E-state index in [0.717, 1.165) is 28.2 Å². The normalized spacial score (nSPS) is 11.7. The molecule has 0 spiro atoms. The average Bonchev–Trinajstić information content (AvgIpc) is 2.69. The zero-order valence-corrected chi connectivity index (χ0v) is 16.1. The molecule has 0 bridgehead atoms. The Bertz CT molecular complexity index is 769. The molecule has 0 saturated heterocycles. The lowest BCUT2D eigenvalue weighted by atomic mass is 9.97. The van der Waals surface area contributed by atoms with Crippen LogP contribution in [0.15, 0.2) is 66.8 Å². The van der Waals surface area contributed by atoms with Gasteiger partial charge < -0.3 is 19.3 Å². The summed E-state index contributed by atoms with van der Waals surface area (Å²) in [7, 11) is 5.07. The van der Waals surface area contributed by atoms with Gasteiger partial charge in [0.1, 0.15) is 24.5 Å². The fourth-order valence-electron chi connectivity index (χ4n) is 2.48. The fraction of sp³-hybridized carbons (Fsp3) is 0.227. The molecule has 0 radical (unpaired) electrons. The molecule has 0 amide bonds. The Morgan fingerprint density at radius 3 is 1.81 bits per heavy atom. The minimum Gasteiger partial charge on any atom is -0.610 e. The van der Waals surface area contributed by atoms with Gasteiger partial charge in [-0.2, -0.15) is 0 Å². The van der Waals surface area contributed by atoms with E-state index in [4.69, 9.17) is 14.2 Å². The SMILES string of the molecule is CCO/C([O-])=C/[N+](C)=CC=C(c1ccc(OC)cc1)c1ccc(OC)cc1. The number of rotatable bonds is 8. The van der Waals surface area contributed by atoms with Crippen molar-refractivity contribution in [2.45, 2.75) is 6.92 Å². The Morgan fingerprint density at radius 1 is 0.926 bits per heavy atom. The average molecular weight is 367 g/mol. The van der Waals surface area contributed by atoms with Crippen LogP contribution < -0.4 is 14.6 Å². The van der Waals surface area contributed by atoms with Crippen LogP contribution in [0.3, 0.4) is 0 Å². The molecule has 0 aliphatic carbocycles. The summed E-state index contributed by atoms with van der Waals surface area (Å²) in [6.45, 7) is 2.13. The van der Waals surface area contributed by atoms with Gasteiger partial charge in [-0.3, -0.25) is 0 Å².